The van der Waals surface area contributed by atoms with Crippen molar-refractivity contribution in [3.05, 3.63) is 59.7 Å². The minimum Gasteiger partial charge on any atom is -0.480 e. The molecule has 0 aromatic heterocycles. The molecule has 0 bridgehead atoms. The first-order chi connectivity index (χ1) is 11.5. The summed E-state index contributed by atoms with van der Waals surface area (Å²) in [5, 5.41) is 11.6. The molecule has 6 heteroatoms. The van der Waals surface area contributed by atoms with E-state index in [0.29, 0.717) is 18.7 Å². The Bertz CT molecular complexity index is 696. The summed E-state index contributed by atoms with van der Waals surface area (Å²) in [7, 11) is 0. The lowest BCUT2D eigenvalue weighted by Gasteiger charge is -2.08. The van der Waals surface area contributed by atoms with E-state index in [9.17, 15) is 9.59 Å². The van der Waals surface area contributed by atoms with Gasteiger partial charge in [-0.15, -0.1) is 0 Å². The number of nitrogens with two attached hydrogens (primary N) is 2. The summed E-state index contributed by atoms with van der Waals surface area (Å²) in [5.41, 5.74) is 14.3. The number of nitrogens with one attached hydrogen (secondary N) is 1. The highest BCUT2D eigenvalue weighted by Crippen LogP contribution is 2.21. The Hall–Kier alpha value is -2.70. The van der Waals surface area contributed by atoms with Crippen molar-refractivity contribution in [1.29, 1.82) is 0 Å². The number of carboxylic acids is 1. The summed E-state index contributed by atoms with van der Waals surface area (Å²) in [4.78, 5) is 22.6. The maximum Gasteiger partial charge on any atom is 0.320 e. The third kappa shape index (κ3) is 4.65. The molecule has 0 saturated carbocycles. The van der Waals surface area contributed by atoms with Crippen LogP contribution >= 0.6 is 0 Å². The maximum absolute atomic E-state index is 11.8. The van der Waals surface area contributed by atoms with Gasteiger partial charge in [0.25, 0.3) is 5.91 Å². The quantitative estimate of drug-likeness (QED) is 0.605. The Morgan fingerprint density at radius 2 is 1.54 bits per heavy atom. The zero-order chi connectivity index (χ0) is 17.5. The summed E-state index contributed by atoms with van der Waals surface area (Å²) >= 11 is 0. The molecule has 126 valence electrons. The van der Waals surface area contributed by atoms with Gasteiger partial charge >= 0.3 is 5.97 Å². The largest absolute Gasteiger partial charge is 0.480 e. The molecule has 0 unspecified atom stereocenters. The molecule has 0 spiro atoms. The van der Waals surface area contributed by atoms with E-state index >= 15 is 0 Å². The Labute approximate surface area is 140 Å². The standard InChI is InChI=1S/C18H21N3O3/c19-9-10-21-17(22)15-7-5-14(6-8-15)13-3-1-12(2-4-13)11-16(20)18(23)24/h1-8,16H,9-11,19-20H2,(H,21,22)(H,23,24)/t16-/m1/s1. The number of hydrogen-bond acceptors (Lipinski definition) is 4. The van der Waals surface area contributed by atoms with Crippen molar-refractivity contribution in [1.82, 2.24) is 5.32 Å². The molecule has 0 aliphatic rings. The van der Waals surface area contributed by atoms with Gasteiger partial charge in [-0.1, -0.05) is 36.4 Å². The second-order valence-corrected chi connectivity index (χ2v) is 5.47. The molecule has 2 aromatic rings. The topological polar surface area (TPSA) is 118 Å². The zero-order valence-electron chi connectivity index (χ0n) is 13.2. The van der Waals surface area contributed by atoms with Crippen LogP contribution in [-0.2, 0) is 11.2 Å². The molecular weight excluding hydrogens is 306 g/mol. The fourth-order valence-electron chi connectivity index (χ4n) is 2.28. The van der Waals surface area contributed by atoms with Gasteiger partial charge in [0.2, 0.25) is 0 Å². The summed E-state index contributed by atoms with van der Waals surface area (Å²) in [6.45, 7) is 0.849. The average Bonchev–Trinajstić information content (AvgIpc) is 2.60. The minimum absolute atomic E-state index is 0.148. The van der Waals surface area contributed by atoms with Crippen LogP contribution in [-0.4, -0.2) is 36.1 Å². The van der Waals surface area contributed by atoms with Crippen LogP contribution in [0.3, 0.4) is 0 Å². The highest BCUT2D eigenvalue weighted by atomic mass is 16.4. The van der Waals surface area contributed by atoms with Gasteiger partial charge in [0.1, 0.15) is 6.04 Å². The molecule has 6 nitrogen and oxygen atoms in total. The lowest BCUT2D eigenvalue weighted by atomic mass is 10.00. The van der Waals surface area contributed by atoms with E-state index < -0.39 is 12.0 Å². The van der Waals surface area contributed by atoms with Crippen LogP contribution in [0.15, 0.2) is 48.5 Å². The fraction of sp³-hybridized carbons (Fsp3) is 0.222. The van der Waals surface area contributed by atoms with E-state index in [1.807, 2.05) is 36.4 Å². The zero-order valence-corrected chi connectivity index (χ0v) is 13.2. The average molecular weight is 327 g/mol. The summed E-state index contributed by atoms with van der Waals surface area (Å²) < 4.78 is 0. The Morgan fingerprint density at radius 3 is 2.04 bits per heavy atom. The molecule has 2 aromatic carbocycles. The summed E-state index contributed by atoms with van der Waals surface area (Å²) in [6.07, 6.45) is 0.288. The molecule has 0 heterocycles. The van der Waals surface area contributed by atoms with Crippen LogP contribution in [0.4, 0.5) is 0 Å². The number of carboxylic acid groups (broad SMARTS) is 1. The van der Waals surface area contributed by atoms with E-state index in [1.165, 1.54) is 0 Å². The van der Waals surface area contributed by atoms with Gasteiger partial charge in [0.15, 0.2) is 0 Å². The maximum atomic E-state index is 11.8. The van der Waals surface area contributed by atoms with Gasteiger partial charge in [-0.25, -0.2) is 0 Å². The second-order valence-electron chi connectivity index (χ2n) is 5.47. The molecule has 0 saturated heterocycles. The van der Waals surface area contributed by atoms with Crippen LogP contribution in [0, 0.1) is 0 Å². The number of benzene rings is 2. The number of rotatable bonds is 7. The molecule has 0 fully saturated rings. The van der Waals surface area contributed by atoms with Crippen LogP contribution in [0.2, 0.25) is 0 Å². The molecule has 0 radical (unpaired) electrons. The second kappa shape index (κ2) is 8.24. The predicted molar refractivity (Wildman–Crippen MR) is 92.6 cm³/mol. The lowest BCUT2D eigenvalue weighted by molar-refractivity contribution is -0.138. The number of carbonyl (C=O) groups excluding carboxylic acids is 1. The first kappa shape index (κ1) is 17.7. The van der Waals surface area contributed by atoms with E-state index in [2.05, 4.69) is 5.32 Å². The van der Waals surface area contributed by atoms with Gasteiger partial charge in [0, 0.05) is 18.7 Å². The monoisotopic (exact) mass is 327 g/mol. The molecule has 1 atom stereocenters. The minimum atomic E-state index is -1.01. The Morgan fingerprint density at radius 1 is 1.00 bits per heavy atom. The third-order valence-electron chi connectivity index (χ3n) is 3.64. The smallest absolute Gasteiger partial charge is 0.320 e. The molecule has 24 heavy (non-hydrogen) atoms. The van der Waals surface area contributed by atoms with Crippen molar-refractivity contribution in [2.45, 2.75) is 12.5 Å². The predicted octanol–water partition coefficient (Wildman–Crippen LogP) is 0.997. The van der Waals surface area contributed by atoms with Crippen molar-refractivity contribution >= 4 is 11.9 Å². The van der Waals surface area contributed by atoms with E-state index in [1.54, 1.807) is 12.1 Å². The van der Waals surface area contributed by atoms with Gasteiger partial charge < -0.3 is 21.9 Å². The number of carbonyl (C=O) groups is 2. The summed E-state index contributed by atoms with van der Waals surface area (Å²) in [6, 6.07) is 13.9. The van der Waals surface area contributed by atoms with Crippen LogP contribution in [0.5, 0.6) is 0 Å². The highest BCUT2D eigenvalue weighted by Gasteiger charge is 2.12. The van der Waals surface area contributed by atoms with Crippen molar-refractivity contribution in [2.75, 3.05) is 13.1 Å². The highest BCUT2D eigenvalue weighted by molar-refractivity contribution is 5.94. The van der Waals surface area contributed by atoms with Crippen LogP contribution in [0.25, 0.3) is 11.1 Å². The lowest BCUT2D eigenvalue weighted by Crippen LogP contribution is -2.32. The van der Waals surface area contributed by atoms with Crippen LogP contribution in [0.1, 0.15) is 15.9 Å². The Balaban J connectivity index is 2.06. The SMILES string of the molecule is NCCNC(=O)c1ccc(-c2ccc(C[C@@H](N)C(=O)O)cc2)cc1. The van der Waals surface area contributed by atoms with Crippen molar-refractivity contribution in [2.24, 2.45) is 11.5 Å². The van der Waals surface area contributed by atoms with E-state index in [4.69, 9.17) is 16.6 Å². The molecular formula is C18H21N3O3. The summed E-state index contributed by atoms with van der Waals surface area (Å²) in [5.74, 6) is -1.16. The first-order valence-corrected chi connectivity index (χ1v) is 7.67. The normalized spacial score (nSPS) is 11.8. The number of aliphatic carboxylic acids is 1. The first-order valence-electron chi connectivity index (χ1n) is 7.67. The van der Waals surface area contributed by atoms with E-state index in [-0.39, 0.29) is 12.3 Å². The van der Waals surface area contributed by atoms with Crippen molar-refractivity contribution in [3.63, 3.8) is 0 Å². The molecule has 0 aliphatic heterocycles. The molecule has 6 N–H and O–H groups in total. The number of hydrogen-bond donors (Lipinski definition) is 4. The van der Waals surface area contributed by atoms with Gasteiger partial charge in [-0.3, -0.25) is 9.59 Å². The van der Waals surface area contributed by atoms with Crippen molar-refractivity contribution < 1.29 is 14.7 Å². The molecule has 2 rings (SSSR count). The third-order valence-corrected chi connectivity index (χ3v) is 3.64. The van der Waals surface area contributed by atoms with Gasteiger partial charge in [0.05, 0.1) is 0 Å². The Kier molecular flexibility index (Phi) is 6.06. The molecule has 1 amide bonds. The fourth-order valence-corrected chi connectivity index (χ4v) is 2.28. The number of amides is 1. The van der Waals surface area contributed by atoms with E-state index in [0.717, 1.165) is 16.7 Å². The van der Waals surface area contributed by atoms with Gasteiger partial charge in [-0.05, 0) is 35.2 Å². The van der Waals surface area contributed by atoms with Gasteiger partial charge in [-0.2, -0.15) is 0 Å². The van der Waals surface area contributed by atoms with Crippen LogP contribution < -0.4 is 16.8 Å². The molecule has 0 aliphatic carbocycles. The van der Waals surface area contributed by atoms with Crippen molar-refractivity contribution in [3.8, 4) is 11.1 Å².